The summed E-state index contributed by atoms with van der Waals surface area (Å²) in [5, 5.41) is 2.93. The number of benzene rings is 2. The summed E-state index contributed by atoms with van der Waals surface area (Å²) in [6.45, 7) is 5.73. The summed E-state index contributed by atoms with van der Waals surface area (Å²) in [6, 6.07) is 18.6. The van der Waals surface area contributed by atoms with Crippen molar-refractivity contribution in [2.75, 3.05) is 12.4 Å². The van der Waals surface area contributed by atoms with Crippen LogP contribution in [0.1, 0.15) is 26.3 Å². The first kappa shape index (κ1) is 19.3. The molecule has 25 heavy (non-hydrogen) atoms. The first-order valence-corrected chi connectivity index (χ1v) is 9.44. The number of carbonyl (C=O) groups excluding carboxylic acids is 1. The summed E-state index contributed by atoms with van der Waals surface area (Å²) in [7, 11) is 0.458. The van der Waals surface area contributed by atoms with Crippen LogP contribution in [0.25, 0.3) is 0 Å². The third kappa shape index (κ3) is 5.51. The van der Waals surface area contributed by atoms with E-state index in [9.17, 15) is 9.00 Å². The predicted molar refractivity (Wildman–Crippen MR) is 105 cm³/mol. The fourth-order valence-electron chi connectivity index (χ4n) is 2.52. The number of rotatable bonds is 6. The average Bonchev–Trinajstić information content (AvgIpc) is 2.59. The Morgan fingerprint density at radius 2 is 1.56 bits per heavy atom. The SMILES string of the molecule is CN([C@@H](Cc1ccccc1)C(=O)Nc1ccccc1)[S@@](=O)C(C)(C)C. The Morgan fingerprint density at radius 3 is 2.08 bits per heavy atom. The van der Waals surface area contributed by atoms with Crippen molar-refractivity contribution < 1.29 is 9.00 Å². The van der Waals surface area contributed by atoms with Gasteiger partial charge in [-0.2, -0.15) is 0 Å². The van der Waals surface area contributed by atoms with Gasteiger partial charge in [-0.3, -0.25) is 4.79 Å². The molecule has 5 heteroatoms. The lowest BCUT2D eigenvalue weighted by Crippen LogP contribution is -2.48. The van der Waals surface area contributed by atoms with E-state index in [1.807, 2.05) is 81.4 Å². The van der Waals surface area contributed by atoms with E-state index >= 15 is 0 Å². The van der Waals surface area contributed by atoms with Gasteiger partial charge in [-0.15, -0.1) is 0 Å². The van der Waals surface area contributed by atoms with Crippen LogP contribution in [0.2, 0.25) is 0 Å². The molecule has 0 aliphatic carbocycles. The maximum absolute atomic E-state index is 12.9. The highest BCUT2D eigenvalue weighted by atomic mass is 32.2. The normalized spacial score (nSPS) is 14.1. The third-order valence-corrected chi connectivity index (χ3v) is 5.67. The zero-order valence-corrected chi connectivity index (χ0v) is 16.0. The fourth-order valence-corrected chi connectivity index (χ4v) is 3.78. The Bertz CT molecular complexity index is 711. The lowest BCUT2D eigenvalue weighted by Gasteiger charge is -2.31. The van der Waals surface area contributed by atoms with Crippen LogP contribution in [0.4, 0.5) is 5.69 Å². The van der Waals surface area contributed by atoms with Crippen molar-refractivity contribution in [2.45, 2.75) is 38.0 Å². The molecule has 2 aromatic rings. The molecule has 0 saturated carbocycles. The number of nitrogens with zero attached hydrogens (tertiary/aromatic N) is 1. The molecule has 0 spiro atoms. The van der Waals surface area contributed by atoms with E-state index < -0.39 is 21.8 Å². The Hall–Kier alpha value is -1.98. The van der Waals surface area contributed by atoms with Crippen molar-refractivity contribution in [3.8, 4) is 0 Å². The second-order valence-electron chi connectivity index (χ2n) is 6.97. The Kier molecular flexibility index (Phi) is 6.51. The van der Waals surface area contributed by atoms with Gasteiger partial charge in [0.1, 0.15) is 17.0 Å². The van der Waals surface area contributed by atoms with Crippen LogP contribution in [0, 0.1) is 0 Å². The van der Waals surface area contributed by atoms with E-state index in [4.69, 9.17) is 0 Å². The van der Waals surface area contributed by atoms with Gasteiger partial charge in [0.15, 0.2) is 0 Å². The van der Waals surface area contributed by atoms with Crippen LogP contribution < -0.4 is 5.32 Å². The summed E-state index contributed by atoms with van der Waals surface area (Å²) >= 11 is 0. The Labute approximate surface area is 152 Å². The van der Waals surface area contributed by atoms with Crippen LogP contribution in [-0.2, 0) is 22.2 Å². The van der Waals surface area contributed by atoms with Gasteiger partial charge in [-0.05, 0) is 44.9 Å². The van der Waals surface area contributed by atoms with Crippen LogP contribution in [0.5, 0.6) is 0 Å². The van der Waals surface area contributed by atoms with Crippen molar-refractivity contribution in [1.82, 2.24) is 4.31 Å². The first-order valence-electron chi connectivity index (χ1n) is 8.33. The number of para-hydroxylation sites is 1. The zero-order chi connectivity index (χ0) is 18.4. The maximum atomic E-state index is 12.9. The van der Waals surface area contributed by atoms with Crippen LogP contribution in [0.3, 0.4) is 0 Å². The quantitative estimate of drug-likeness (QED) is 0.857. The van der Waals surface area contributed by atoms with E-state index in [0.717, 1.165) is 11.3 Å². The van der Waals surface area contributed by atoms with Gasteiger partial charge in [0.2, 0.25) is 5.91 Å². The molecular weight excluding hydrogens is 332 g/mol. The van der Waals surface area contributed by atoms with E-state index in [1.54, 1.807) is 11.4 Å². The van der Waals surface area contributed by atoms with Crippen LogP contribution in [-0.4, -0.2) is 32.3 Å². The van der Waals surface area contributed by atoms with E-state index in [1.165, 1.54) is 0 Å². The summed E-state index contributed by atoms with van der Waals surface area (Å²) in [5.41, 5.74) is 1.77. The van der Waals surface area contributed by atoms with Crippen LogP contribution >= 0.6 is 0 Å². The fraction of sp³-hybridized carbons (Fsp3) is 0.350. The van der Waals surface area contributed by atoms with E-state index in [-0.39, 0.29) is 5.91 Å². The molecule has 134 valence electrons. The molecule has 1 amide bonds. The molecule has 2 rings (SSSR count). The number of hydrogen-bond donors (Lipinski definition) is 1. The summed E-state index contributed by atoms with van der Waals surface area (Å²) < 4.78 is 14.0. The van der Waals surface area contributed by atoms with Crippen molar-refractivity contribution in [3.05, 3.63) is 66.2 Å². The number of hydrogen-bond acceptors (Lipinski definition) is 2. The smallest absolute Gasteiger partial charge is 0.243 e. The van der Waals surface area contributed by atoms with Gasteiger partial charge >= 0.3 is 0 Å². The lowest BCUT2D eigenvalue weighted by molar-refractivity contribution is -0.119. The summed E-state index contributed by atoms with van der Waals surface area (Å²) in [4.78, 5) is 12.9. The number of amides is 1. The van der Waals surface area contributed by atoms with Gasteiger partial charge in [0, 0.05) is 12.7 Å². The van der Waals surface area contributed by atoms with Crippen molar-refractivity contribution in [1.29, 1.82) is 0 Å². The van der Waals surface area contributed by atoms with Gasteiger partial charge in [-0.25, -0.2) is 8.51 Å². The van der Waals surface area contributed by atoms with Crippen LogP contribution in [0.15, 0.2) is 60.7 Å². The van der Waals surface area contributed by atoms with E-state index in [2.05, 4.69) is 5.32 Å². The minimum absolute atomic E-state index is 0.157. The number of nitrogens with one attached hydrogen (secondary N) is 1. The molecule has 2 aromatic carbocycles. The first-order chi connectivity index (χ1) is 11.8. The van der Waals surface area contributed by atoms with Crippen molar-refractivity contribution in [2.24, 2.45) is 0 Å². The summed E-state index contributed by atoms with van der Waals surface area (Å²) in [5.74, 6) is -0.157. The predicted octanol–water partition coefficient (Wildman–Crippen LogP) is 3.63. The van der Waals surface area contributed by atoms with Gasteiger partial charge in [-0.1, -0.05) is 48.5 Å². The standard InChI is InChI=1S/C20H26N2O2S/c1-20(2,3)25(24)22(4)18(15-16-11-7-5-8-12-16)19(23)21-17-13-9-6-10-14-17/h5-14,18H,15H2,1-4H3,(H,21,23)/t18-,25-/m0/s1. The van der Waals surface area contributed by atoms with Crippen molar-refractivity contribution >= 4 is 22.6 Å². The largest absolute Gasteiger partial charge is 0.325 e. The van der Waals surface area contributed by atoms with Gasteiger partial charge in [0.05, 0.1) is 4.75 Å². The highest BCUT2D eigenvalue weighted by Gasteiger charge is 2.32. The molecule has 1 N–H and O–H groups in total. The monoisotopic (exact) mass is 358 g/mol. The molecular formula is C20H26N2O2S. The second-order valence-corrected chi connectivity index (χ2v) is 9.27. The topological polar surface area (TPSA) is 49.4 Å². The Balaban J connectivity index is 2.24. The summed E-state index contributed by atoms with van der Waals surface area (Å²) in [6.07, 6.45) is 0.498. The number of carbonyl (C=O) groups is 1. The molecule has 0 aliphatic rings. The maximum Gasteiger partial charge on any atom is 0.243 e. The molecule has 0 heterocycles. The van der Waals surface area contributed by atoms with E-state index in [0.29, 0.717) is 6.42 Å². The molecule has 0 fully saturated rings. The highest BCUT2D eigenvalue weighted by molar-refractivity contribution is 7.84. The molecule has 0 aromatic heterocycles. The van der Waals surface area contributed by atoms with Gasteiger partial charge in [0.25, 0.3) is 0 Å². The minimum atomic E-state index is -1.29. The molecule has 0 saturated heterocycles. The number of anilines is 1. The zero-order valence-electron chi connectivity index (χ0n) is 15.2. The molecule has 2 atom stereocenters. The molecule has 4 nitrogen and oxygen atoms in total. The molecule has 0 aliphatic heterocycles. The van der Waals surface area contributed by atoms with Crippen molar-refractivity contribution in [3.63, 3.8) is 0 Å². The molecule has 0 bridgehead atoms. The second kappa shape index (κ2) is 8.41. The number of likely N-dealkylation sites (N-methyl/N-ethyl adjacent to an activating group) is 1. The average molecular weight is 359 g/mol. The highest BCUT2D eigenvalue weighted by Crippen LogP contribution is 2.20. The lowest BCUT2D eigenvalue weighted by atomic mass is 10.1. The molecule has 0 unspecified atom stereocenters. The minimum Gasteiger partial charge on any atom is -0.325 e. The Morgan fingerprint density at radius 1 is 1.04 bits per heavy atom. The van der Waals surface area contributed by atoms with Gasteiger partial charge < -0.3 is 5.32 Å². The molecule has 0 radical (unpaired) electrons. The third-order valence-electron chi connectivity index (χ3n) is 3.84.